The molecule has 1 atom stereocenters. The first-order chi connectivity index (χ1) is 8.29. The fourth-order valence-electron chi connectivity index (χ4n) is 2.28. The van der Waals surface area contributed by atoms with Crippen molar-refractivity contribution in [3.63, 3.8) is 0 Å². The van der Waals surface area contributed by atoms with Gasteiger partial charge in [0.15, 0.2) is 0 Å². The van der Waals surface area contributed by atoms with Gasteiger partial charge in [-0.2, -0.15) is 0 Å². The van der Waals surface area contributed by atoms with Crippen molar-refractivity contribution in [2.24, 2.45) is 5.92 Å². The third kappa shape index (κ3) is 3.62. The Bertz CT molecular complexity index is 333. The smallest absolute Gasteiger partial charge is 0.0511 e. The fourth-order valence-corrected chi connectivity index (χ4v) is 2.46. The van der Waals surface area contributed by atoms with E-state index in [0.717, 1.165) is 19.8 Å². The van der Waals surface area contributed by atoms with E-state index in [2.05, 4.69) is 36.2 Å². The van der Waals surface area contributed by atoms with Crippen LogP contribution in [0.3, 0.4) is 0 Å². The second-order valence-corrected chi connectivity index (χ2v) is 5.03. The van der Waals surface area contributed by atoms with Crippen molar-refractivity contribution in [3.8, 4) is 0 Å². The molecule has 0 aromatic heterocycles. The van der Waals surface area contributed by atoms with E-state index < -0.39 is 0 Å². The molecule has 0 spiro atoms. The summed E-state index contributed by atoms with van der Waals surface area (Å²) in [4.78, 5) is 2.30. The second kappa shape index (κ2) is 6.27. The highest BCUT2D eigenvalue weighted by molar-refractivity contribution is 6.17. The minimum Gasteiger partial charge on any atom is -0.381 e. The van der Waals surface area contributed by atoms with Gasteiger partial charge in [0.2, 0.25) is 0 Å². The van der Waals surface area contributed by atoms with Crippen LogP contribution >= 0.6 is 11.6 Å². The highest BCUT2D eigenvalue weighted by atomic mass is 35.5. The summed E-state index contributed by atoms with van der Waals surface area (Å²) in [7, 11) is 2.14. The number of rotatable bonds is 4. The van der Waals surface area contributed by atoms with E-state index in [1.54, 1.807) is 0 Å². The Morgan fingerprint density at radius 2 is 2.12 bits per heavy atom. The van der Waals surface area contributed by atoms with Crippen molar-refractivity contribution in [2.75, 3.05) is 31.7 Å². The maximum absolute atomic E-state index is 5.78. The van der Waals surface area contributed by atoms with Crippen LogP contribution in [0.15, 0.2) is 24.3 Å². The Labute approximate surface area is 109 Å². The second-order valence-electron chi connectivity index (χ2n) is 4.76. The summed E-state index contributed by atoms with van der Waals surface area (Å²) >= 11 is 5.78. The normalized spacial score (nSPS) is 20.2. The zero-order valence-corrected chi connectivity index (χ0v) is 11.1. The minimum atomic E-state index is 0.584. The molecule has 94 valence electrons. The van der Waals surface area contributed by atoms with Gasteiger partial charge in [-0.25, -0.2) is 0 Å². The van der Waals surface area contributed by atoms with Crippen molar-refractivity contribution < 1.29 is 4.74 Å². The summed E-state index contributed by atoms with van der Waals surface area (Å²) in [5.74, 6) is 1.25. The molecule has 0 radical (unpaired) electrons. The van der Waals surface area contributed by atoms with E-state index in [9.17, 15) is 0 Å². The van der Waals surface area contributed by atoms with E-state index >= 15 is 0 Å². The molecule has 0 bridgehead atoms. The lowest BCUT2D eigenvalue weighted by Crippen LogP contribution is -2.30. The number of anilines is 1. The van der Waals surface area contributed by atoms with Crippen LogP contribution in [0.4, 0.5) is 5.69 Å². The van der Waals surface area contributed by atoms with Crippen LogP contribution in [0.2, 0.25) is 0 Å². The van der Waals surface area contributed by atoms with Gasteiger partial charge in [-0.15, -0.1) is 11.6 Å². The summed E-state index contributed by atoms with van der Waals surface area (Å²) in [6.45, 7) is 2.91. The molecule has 1 aliphatic heterocycles. The molecule has 1 unspecified atom stereocenters. The maximum atomic E-state index is 5.78. The van der Waals surface area contributed by atoms with Crippen molar-refractivity contribution >= 4 is 17.3 Å². The Balaban J connectivity index is 1.91. The maximum Gasteiger partial charge on any atom is 0.0511 e. The molecular formula is C14H20ClNO. The first-order valence-corrected chi connectivity index (χ1v) is 6.77. The Kier molecular flexibility index (Phi) is 4.69. The molecule has 3 heteroatoms. The van der Waals surface area contributed by atoms with Gasteiger partial charge < -0.3 is 9.64 Å². The predicted octanol–water partition coefficient (Wildman–Crippen LogP) is 3.29. The molecule has 2 nitrogen and oxygen atoms in total. The SMILES string of the molecule is CN(CC1CCCOC1)c1ccc(CCl)cc1. The number of halogens is 1. The van der Waals surface area contributed by atoms with Gasteiger partial charge in [-0.3, -0.25) is 0 Å². The van der Waals surface area contributed by atoms with Gasteiger partial charge in [-0.1, -0.05) is 12.1 Å². The molecule has 0 saturated carbocycles. The summed E-state index contributed by atoms with van der Waals surface area (Å²) in [6.07, 6.45) is 2.48. The fraction of sp³-hybridized carbons (Fsp3) is 0.571. The lowest BCUT2D eigenvalue weighted by Gasteiger charge is -2.28. The zero-order chi connectivity index (χ0) is 12.1. The van der Waals surface area contributed by atoms with Gasteiger partial charge in [0.25, 0.3) is 0 Å². The van der Waals surface area contributed by atoms with E-state index in [-0.39, 0.29) is 0 Å². The molecule has 1 aromatic carbocycles. The van der Waals surface area contributed by atoms with E-state index in [1.807, 2.05) is 0 Å². The molecule has 1 fully saturated rings. The quantitative estimate of drug-likeness (QED) is 0.764. The lowest BCUT2D eigenvalue weighted by molar-refractivity contribution is 0.0576. The highest BCUT2D eigenvalue weighted by Gasteiger charge is 2.15. The van der Waals surface area contributed by atoms with E-state index in [1.165, 1.54) is 24.1 Å². The topological polar surface area (TPSA) is 12.5 Å². The average molecular weight is 254 g/mol. The van der Waals surface area contributed by atoms with E-state index in [0.29, 0.717) is 11.8 Å². The van der Waals surface area contributed by atoms with Crippen molar-refractivity contribution in [1.82, 2.24) is 0 Å². The molecule has 1 heterocycles. The van der Waals surface area contributed by atoms with Crippen LogP contribution in [-0.4, -0.2) is 26.8 Å². The van der Waals surface area contributed by atoms with Gasteiger partial charge >= 0.3 is 0 Å². The van der Waals surface area contributed by atoms with E-state index in [4.69, 9.17) is 16.3 Å². The highest BCUT2D eigenvalue weighted by Crippen LogP contribution is 2.19. The molecule has 1 aliphatic rings. The van der Waals surface area contributed by atoms with Crippen LogP contribution in [-0.2, 0) is 10.6 Å². The van der Waals surface area contributed by atoms with Crippen molar-refractivity contribution in [3.05, 3.63) is 29.8 Å². The predicted molar refractivity (Wildman–Crippen MR) is 72.8 cm³/mol. The third-order valence-electron chi connectivity index (χ3n) is 3.32. The minimum absolute atomic E-state index is 0.584. The average Bonchev–Trinajstić information content (AvgIpc) is 2.40. The van der Waals surface area contributed by atoms with Gasteiger partial charge in [0.1, 0.15) is 0 Å². The van der Waals surface area contributed by atoms with Crippen LogP contribution < -0.4 is 4.90 Å². The molecule has 17 heavy (non-hydrogen) atoms. The van der Waals surface area contributed by atoms with Crippen LogP contribution in [0, 0.1) is 5.92 Å². The molecular weight excluding hydrogens is 234 g/mol. The number of alkyl halides is 1. The Hall–Kier alpha value is -0.730. The number of ether oxygens (including phenoxy) is 1. The largest absolute Gasteiger partial charge is 0.381 e. The molecule has 0 N–H and O–H groups in total. The summed E-state index contributed by atoms with van der Waals surface area (Å²) in [6, 6.07) is 8.47. The van der Waals surface area contributed by atoms with Gasteiger partial charge in [0.05, 0.1) is 6.61 Å². The molecule has 1 saturated heterocycles. The van der Waals surface area contributed by atoms with Crippen molar-refractivity contribution in [1.29, 1.82) is 0 Å². The number of hydrogen-bond donors (Lipinski definition) is 0. The zero-order valence-electron chi connectivity index (χ0n) is 10.4. The third-order valence-corrected chi connectivity index (χ3v) is 3.63. The summed E-state index contributed by atoms with van der Waals surface area (Å²) in [5, 5.41) is 0. The summed E-state index contributed by atoms with van der Waals surface area (Å²) in [5.41, 5.74) is 2.43. The lowest BCUT2D eigenvalue weighted by atomic mass is 10.0. The number of nitrogens with zero attached hydrogens (tertiary/aromatic N) is 1. The molecule has 2 rings (SSSR count). The summed E-state index contributed by atoms with van der Waals surface area (Å²) < 4.78 is 5.51. The first-order valence-electron chi connectivity index (χ1n) is 6.23. The molecule has 0 amide bonds. The Morgan fingerprint density at radius 1 is 1.35 bits per heavy atom. The van der Waals surface area contributed by atoms with Crippen molar-refractivity contribution in [2.45, 2.75) is 18.7 Å². The number of benzene rings is 1. The molecule has 0 aliphatic carbocycles. The number of hydrogen-bond acceptors (Lipinski definition) is 2. The monoisotopic (exact) mass is 253 g/mol. The van der Waals surface area contributed by atoms with Gasteiger partial charge in [0, 0.05) is 31.8 Å². The standard InChI is InChI=1S/C14H20ClNO/c1-16(10-13-3-2-8-17-11-13)14-6-4-12(9-15)5-7-14/h4-7,13H,2-3,8-11H2,1H3. The van der Waals surface area contributed by atoms with Gasteiger partial charge in [-0.05, 0) is 36.5 Å². The molecule has 1 aromatic rings. The Morgan fingerprint density at radius 3 is 2.71 bits per heavy atom. The van der Waals surface area contributed by atoms with Crippen LogP contribution in [0.1, 0.15) is 18.4 Å². The van der Waals surface area contributed by atoms with Crippen LogP contribution in [0.25, 0.3) is 0 Å². The van der Waals surface area contributed by atoms with Crippen LogP contribution in [0.5, 0.6) is 0 Å². The first kappa shape index (κ1) is 12.7.